The monoisotopic (exact) mass is 240 g/mol. The van der Waals surface area contributed by atoms with Gasteiger partial charge in [-0.3, -0.25) is 0 Å². The molecule has 0 saturated heterocycles. The molecule has 1 aromatic heterocycles. The SMILES string of the molecule is CC(C)n1cc(N)cc1C(=O)OCCCCO. The van der Waals surface area contributed by atoms with Crippen LogP contribution < -0.4 is 5.73 Å². The van der Waals surface area contributed by atoms with Crippen LogP contribution in [-0.2, 0) is 4.74 Å². The van der Waals surface area contributed by atoms with Crippen LogP contribution in [0.15, 0.2) is 12.3 Å². The Bertz CT molecular complexity index is 372. The van der Waals surface area contributed by atoms with Gasteiger partial charge in [0, 0.05) is 18.8 Å². The van der Waals surface area contributed by atoms with Crippen LogP contribution in [0.1, 0.15) is 43.2 Å². The van der Waals surface area contributed by atoms with E-state index < -0.39 is 0 Å². The van der Waals surface area contributed by atoms with Crippen LogP contribution >= 0.6 is 0 Å². The van der Waals surface area contributed by atoms with Gasteiger partial charge in [-0.2, -0.15) is 0 Å². The summed E-state index contributed by atoms with van der Waals surface area (Å²) in [7, 11) is 0. The maximum absolute atomic E-state index is 11.8. The Labute approximate surface area is 101 Å². The molecule has 0 amide bonds. The first-order chi connectivity index (χ1) is 8.06. The number of aromatic nitrogens is 1. The summed E-state index contributed by atoms with van der Waals surface area (Å²) in [5.41, 5.74) is 6.70. The fourth-order valence-electron chi connectivity index (χ4n) is 1.54. The molecule has 0 aliphatic rings. The number of aliphatic hydroxyl groups is 1. The van der Waals surface area contributed by atoms with Gasteiger partial charge in [0.05, 0.1) is 12.3 Å². The van der Waals surface area contributed by atoms with Crippen LogP contribution in [0.5, 0.6) is 0 Å². The van der Waals surface area contributed by atoms with Crippen LogP contribution in [0.4, 0.5) is 5.69 Å². The highest BCUT2D eigenvalue weighted by Gasteiger charge is 2.15. The largest absolute Gasteiger partial charge is 0.461 e. The van der Waals surface area contributed by atoms with Gasteiger partial charge in [0.2, 0.25) is 0 Å². The van der Waals surface area contributed by atoms with Crippen molar-refractivity contribution in [3.8, 4) is 0 Å². The molecule has 0 aliphatic heterocycles. The van der Waals surface area contributed by atoms with Crippen molar-refractivity contribution in [3.63, 3.8) is 0 Å². The van der Waals surface area contributed by atoms with Crippen molar-refractivity contribution in [2.45, 2.75) is 32.7 Å². The van der Waals surface area contributed by atoms with Crippen molar-refractivity contribution >= 4 is 11.7 Å². The standard InChI is InChI=1S/C12H20N2O3/c1-9(2)14-8-10(13)7-11(14)12(16)17-6-4-3-5-15/h7-9,15H,3-6,13H2,1-2H3. The van der Waals surface area contributed by atoms with Crippen molar-refractivity contribution in [2.24, 2.45) is 0 Å². The van der Waals surface area contributed by atoms with Crippen LogP contribution in [0.25, 0.3) is 0 Å². The van der Waals surface area contributed by atoms with E-state index in [0.717, 1.165) is 0 Å². The molecule has 0 saturated carbocycles. The molecule has 0 spiro atoms. The summed E-state index contributed by atoms with van der Waals surface area (Å²) >= 11 is 0. The third-order valence-corrected chi connectivity index (χ3v) is 2.42. The summed E-state index contributed by atoms with van der Waals surface area (Å²) in [6.45, 7) is 4.39. The molecular weight excluding hydrogens is 220 g/mol. The molecule has 0 atom stereocenters. The van der Waals surface area contributed by atoms with Crippen molar-refractivity contribution in [3.05, 3.63) is 18.0 Å². The topological polar surface area (TPSA) is 77.5 Å². The number of unbranched alkanes of at least 4 members (excludes halogenated alkanes) is 1. The number of nitrogens with zero attached hydrogens (tertiary/aromatic N) is 1. The van der Waals surface area contributed by atoms with Crippen LogP contribution in [0.3, 0.4) is 0 Å². The van der Waals surface area contributed by atoms with Crippen molar-refractivity contribution in [2.75, 3.05) is 18.9 Å². The molecule has 0 unspecified atom stereocenters. The Balaban J connectivity index is 2.62. The van der Waals surface area contributed by atoms with Gasteiger partial charge < -0.3 is 20.1 Å². The lowest BCUT2D eigenvalue weighted by Gasteiger charge is -2.11. The lowest BCUT2D eigenvalue weighted by molar-refractivity contribution is 0.0478. The van der Waals surface area contributed by atoms with Crippen molar-refractivity contribution in [1.29, 1.82) is 0 Å². The Morgan fingerprint density at radius 2 is 2.24 bits per heavy atom. The van der Waals surface area contributed by atoms with Gasteiger partial charge in [-0.15, -0.1) is 0 Å². The summed E-state index contributed by atoms with van der Waals surface area (Å²) in [6.07, 6.45) is 3.04. The number of carbonyl (C=O) groups excluding carboxylic acids is 1. The summed E-state index contributed by atoms with van der Waals surface area (Å²) in [4.78, 5) is 11.8. The number of esters is 1. The number of hydrogen-bond donors (Lipinski definition) is 2. The minimum atomic E-state index is -0.367. The van der Waals surface area contributed by atoms with E-state index in [4.69, 9.17) is 15.6 Å². The van der Waals surface area contributed by atoms with Crippen LogP contribution in [0, 0.1) is 0 Å². The normalized spacial score (nSPS) is 10.8. The molecule has 1 aromatic rings. The Morgan fingerprint density at radius 3 is 2.82 bits per heavy atom. The maximum Gasteiger partial charge on any atom is 0.355 e. The molecule has 1 heterocycles. The lowest BCUT2D eigenvalue weighted by Crippen LogP contribution is -2.14. The Kier molecular flexibility index (Phi) is 5.03. The highest BCUT2D eigenvalue weighted by Crippen LogP contribution is 2.17. The van der Waals surface area contributed by atoms with Crippen LogP contribution in [0.2, 0.25) is 0 Å². The van der Waals surface area contributed by atoms with E-state index in [9.17, 15) is 4.79 Å². The van der Waals surface area contributed by atoms with E-state index in [-0.39, 0.29) is 18.6 Å². The average Bonchev–Trinajstić information content (AvgIpc) is 2.66. The molecule has 17 heavy (non-hydrogen) atoms. The first-order valence-electron chi connectivity index (χ1n) is 5.81. The fraction of sp³-hybridized carbons (Fsp3) is 0.583. The molecule has 1 rings (SSSR count). The van der Waals surface area contributed by atoms with Gasteiger partial charge in [0.25, 0.3) is 0 Å². The quantitative estimate of drug-likeness (QED) is 0.584. The summed E-state index contributed by atoms with van der Waals surface area (Å²) in [5.74, 6) is -0.367. The maximum atomic E-state index is 11.8. The third kappa shape index (κ3) is 3.78. The molecule has 0 aromatic carbocycles. The van der Waals surface area contributed by atoms with Gasteiger partial charge in [0.1, 0.15) is 5.69 Å². The van der Waals surface area contributed by atoms with Gasteiger partial charge in [0.15, 0.2) is 0 Å². The Hall–Kier alpha value is -1.49. The summed E-state index contributed by atoms with van der Waals surface area (Å²) < 4.78 is 6.90. The lowest BCUT2D eigenvalue weighted by atomic mass is 10.3. The van der Waals surface area contributed by atoms with E-state index >= 15 is 0 Å². The van der Waals surface area contributed by atoms with Gasteiger partial charge >= 0.3 is 5.97 Å². The number of nitrogens with two attached hydrogens (primary N) is 1. The van der Waals surface area contributed by atoms with Crippen molar-refractivity contribution < 1.29 is 14.6 Å². The van der Waals surface area contributed by atoms with Crippen LogP contribution in [-0.4, -0.2) is 28.9 Å². The summed E-state index contributed by atoms with van der Waals surface area (Å²) in [6, 6.07) is 1.78. The minimum absolute atomic E-state index is 0.118. The second kappa shape index (κ2) is 6.30. The number of ether oxygens (including phenoxy) is 1. The highest BCUT2D eigenvalue weighted by molar-refractivity contribution is 5.89. The number of aliphatic hydroxyl groups excluding tert-OH is 1. The molecule has 0 radical (unpaired) electrons. The second-order valence-electron chi connectivity index (χ2n) is 4.23. The van der Waals surface area contributed by atoms with Gasteiger partial charge in [-0.25, -0.2) is 4.79 Å². The molecular formula is C12H20N2O3. The third-order valence-electron chi connectivity index (χ3n) is 2.42. The van der Waals surface area contributed by atoms with E-state index in [2.05, 4.69) is 0 Å². The number of nitrogen functional groups attached to an aromatic ring is 1. The first-order valence-corrected chi connectivity index (χ1v) is 5.81. The molecule has 5 nitrogen and oxygen atoms in total. The average molecular weight is 240 g/mol. The zero-order valence-corrected chi connectivity index (χ0v) is 10.3. The minimum Gasteiger partial charge on any atom is -0.461 e. The van der Waals surface area contributed by atoms with Gasteiger partial charge in [-0.1, -0.05) is 0 Å². The van der Waals surface area contributed by atoms with E-state index in [0.29, 0.717) is 30.8 Å². The second-order valence-corrected chi connectivity index (χ2v) is 4.23. The Morgan fingerprint density at radius 1 is 1.53 bits per heavy atom. The predicted octanol–water partition coefficient (Wildman–Crippen LogP) is 1.58. The predicted molar refractivity (Wildman–Crippen MR) is 65.8 cm³/mol. The highest BCUT2D eigenvalue weighted by atomic mass is 16.5. The van der Waals surface area contributed by atoms with Crippen molar-refractivity contribution in [1.82, 2.24) is 4.57 Å². The number of hydrogen-bond acceptors (Lipinski definition) is 4. The molecule has 5 heteroatoms. The smallest absolute Gasteiger partial charge is 0.355 e. The number of rotatable bonds is 6. The number of carbonyl (C=O) groups is 1. The zero-order valence-electron chi connectivity index (χ0n) is 10.3. The fourth-order valence-corrected chi connectivity index (χ4v) is 1.54. The summed E-state index contributed by atoms with van der Waals surface area (Å²) in [5, 5.41) is 8.61. The zero-order chi connectivity index (χ0) is 12.8. The molecule has 0 fully saturated rings. The molecule has 96 valence electrons. The molecule has 0 bridgehead atoms. The first kappa shape index (κ1) is 13.6. The van der Waals surface area contributed by atoms with E-state index in [1.807, 2.05) is 13.8 Å². The molecule has 3 N–H and O–H groups in total. The van der Waals surface area contributed by atoms with E-state index in [1.165, 1.54) is 0 Å². The molecule has 0 aliphatic carbocycles. The van der Waals surface area contributed by atoms with Gasteiger partial charge in [-0.05, 0) is 32.8 Å². The number of anilines is 1. The van der Waals surface area contributed by atoms with E-state index in [1.54, 1.807) is 16.8 Å².